The Morgan fingerprint density at radius 3 is 2.83 bits per heavy atom. The standard InChI is InChI=1S/C19H32N2O2/c1-5-7-8-9-13-22-19-17(15(3)6-2)20-18(23-19)16-11-10-12-21(4)14-16/h11,15H,5-10,12-14H2,1-4H3. The molecule has 2 heterocycles. The van der Waals surface area contributed by atoms with E-state index in [0.717, 1.165) is 50.5 Å². The Bertz CT molecular complexity index is 507. The summed E-state index contributed by atoms with van der Waals surface area (Å²) in [5.74, 6) is 1.75. The van der Waals surface area contributed by atoms with Gasteiger partial charge in [0.25, 0.3) is 0 Å². The Balaban J connectivity index is 2.07. The molecule has 0 aromatic carbocycles. The van der Waals surface area contributed by atoms with Crippen molar-refractivity contribution in [2.45, 2.75) is 65.2 Å². The lowest BCUT2D eigenvalue weighted by atomic mass is 10.1. The van der Waals surface area contributed by atoms with Crippen molar-refractivity contribution < 1.29 is 9.15 Å². The summed E-state index contributed by atoms with van der Waals surface area (Å²) in [6, 6.07) is 0. The van der Waals surface area contributed by atoms with Crippen molar-refractivity contribution in [3.63, 3.8) is 0 Å². The molecule has 0 bridgehead atoms. The summed E-state index contributed by atoms with van der Waals surface area (Å²) in [5, 5.41) is 0. The molecule has 0 saturated carbocycles. The van der Waals surface area contributed by atoms with Gasteiger partial charge in [0.05, 0.1) is 6.61 Å². The van der Waals surface area contributed by atoms with Crippen LogP contribution in [0.3, 0.4) is 0 Å². The van der Waals surface area contributed by atoms with Crippen LogP contribution in [0.1, 0.15) is 76.8 Å². The van der Waals surface area contributed by atoms with Crippen molar-refractivity contribution in [2.24, 2.45) is 0 Å². The van der Waals surface area contributed by atoms with E-state index in [4.69, 9.17) is 14.1 Å². The Morgan fingerprint density at radius 2 is 2.13 bits per heavy atom. The van der Waals surface area contributed by atoms with E-state index < -0.39 is 0 Å². The largest absolute Gasteiger partial charge is 0.464 e. The summed E-state index contributed by atoms with van der Waals surface area (Å²) in [7, 11) is 2.14. The van der Waals surface area contributed by atoms with Gasteiger partial charge in [-0.1, -0.05) is 46.1 Å². The highest BCUT2D eigenvalue weighted by Crippen LogP contribution is 2.32. The molecule has 0 aliphatic carbocycles. The van der Waals surface area contributed by atoms with Gasteiger partial charge < -0.3 is 14.1 Å². The fraction of sp³-hybridized carbons (Fsp3) is 0.737. The monoisotopic (exact) mass is 320 g/mol. The predicted octanol–water partition coefficient (Wildman–Crippen LogP) is 4.87. The zero-order valence-corrected chi connectivity index (χ0v) is 15.2. The molecule has 0 fully saturated rings. The minimum atomic E-state index is 0.361. The predicted molar refractivity (Wildman–Crippen MR) is 94.9 cm³/mol. The average Bonchev–Trinajstić information content (AvgIpc) is 2.98. The van der Waals surface area contributed by atoms with Crippen LogP contribution >= 0.6 is 0 Å². The number of oxazole rings is 1. The maximum atomic E-state index is 6.00. The summed E-state index contributed by atoms with van der Waals surface area (Å²) in [6.07, 6.45) is 9.14. The van der Waals surface area contributed by atoms with Gasteiger partial charge in [-0.3, -0.25) is 0 Å². The second-order valence-electron chi connectivity index (χ2n) is 6.67. The molecule has 1 atom stereocenters. The first-order valence-electron chi connectivity index (χ1n) is 9.17. The lowest BCUT2D eigenvalue weighted by Gasteiger charge is -2.20. The topological polar surface area (TPSA) is 38.5 Å². The molecule has 1 aliphatic heterocycles. The number of hydrogen-bond acceptors (Lipinski definition) is 4. The number of rotatable bonds is 9. The van der Waals surface area contributed by atoms with Gasteiger partial charge in [0.1, 0.15) is 5.69 Å². The molecule has 0 amide bonds. The highest BCUT2D eigenvalue weighted by molar-refractivity contribution is 5.61. The van der Waals surface area contributed by atoms with E-state index >= 15 is 0 Å². The Kier molecular flexibility index (Phi) is 7.15. The van der Waals surface area contributed by atoms with Crippen molar-refractivity contribution in [3.8, 4) is 5.95 Å². The van der Waals surface area contributed by atoms with Crippen LogP contribution in [0.4, 0.5) is 0 Å². The summed E-state index contributed by atoms with van der Waals surface area (Å²) in [5.41, 5.74) is 2.16. The lowest BCUT2D eigenvalue weighted by Crippen LogP contribution is -2.25. The second-order valence-corrected chi connectivity index (χ2v) is 6.67. The van der Waals surface area contributed by atoms with Crippen molar-refractivity contribution in [1.82, 2.24) is 9.88 Å². The minimum Gasteiger partial charge on any atom is -0.464 e. The van der Waals surface area contributed by atoms with Gasteiger partial charge in [-0.2, -0.15) is 0 Å². The molecular formula is C19H32N2O2. The maximum absolute atomic E-state index is 6.00. The van der Waals surface area contributed by atoms with Gasteiger partial charge in [0, 0.05) is 24.6 Å². The first-order chi connectivity index (χ1) is 11.2. The molecule has 4 nitrogen and oxygen atoms in total. The third-order valence-corrected chi connectivity index (χ3v) is 4.55. The third kappa shape index (κ3) is 5.10. The zero-order chi connectivity index (χ0) is 16.7. The number of ether oxygens (including phenoxy) is 1. The molecule has 0 N–H and O–H groups in total. The molecule has 130 valence electrons. The summed E-state index contributed by atoms with van der Waals surface area (Å²) in [4.78, 5) is 7.07. The van der Waals surface area contributed by atoms with Crippen molar-refractivity contribution >= 4 is 5.57 Å². The molecule has 1 aromatic rings. The van der Waals surface area contributed by atoms with Crippen molar-refractivity contribution in [2.75, 3.05) is 26.7 Å². The number of likely N-dealkylation sites (N-methyl/N-ethyl adjacent to an activating group) is 1. The first kappa shape index (κ1) is 18.1. The van der Waals surface area contributed by atoms with Crippen LogP contribution in [0.2, 0.25) is 0 Å². The van der Waals surface area contributed by atoms with Crippen LogP contribution in [-0.2, 0) is 0 Å². The van der Waals surface area contributed by atoms with Gasteiger partial charge in [0.2, 0.25) is 5.89 Å². The van der Waals surface area contributed by atoms with E-state index in [0.29, 0.717) is 11.9 Å². The summed E-state index contributed by atoms with van der Waals surface area (Å²) >= 11 is 0. The Hall–Kier alpha value is -1.29. The highest BCUT2D eigenvalue weighted by Gasteiger charge is 2.22. The molecule has 4 heteroatoms. The Labute approximate surface area is 140 Å². The number of hydrogen-bond donors (Lipinski definition) is 0. The molecular weight excluding hydrogens is 288 g/mol. The van der Waals surface area contributed by atoms with Crippen LogP contribution in [0.25, 0.3) is 5.57 Å². The van der Waals surface area contributed by atoms with E-state index in [2.05, 4.69) is 38.8 Å². The van der Waals surface area contributed by atoms with E-state index in [1.165, 1.54) is 24.8 Å². The highest BCUT2D eigenvalue weighted by atomic mass is 16.6. The molecule has 2 rings (SSSR count). The lowest BCUT2D eigenvalue weighted by molar-refractivity contribution is 0.229. The molecule has 1 aromatic heterocycles. The zero-order valence-electron chi connectivity index (χ0n) is 15.2. The van der Waals surface area contributed by atoms with Gasteiger partial charge in [-0.15, -0.1) is 0 Å². The second kappa shape index (κ2) is 9.11. The molecule has 0 radical (unpaired) electrons. The minimum absolute atomic E-state index is 0.361. The maximum Gasteiger partial charge on any atom is 0.309 e. The van der Waals surface area contributed by atoms with Crippen LogP contribution < -0.4 is 4.74 Å². The van der Waals surface area contributed by atoms with E-state index in [-0.39, 0.29) is 0 Å². The summed E-state index contributed by atoms with van der Waals surface area (Å²) in [6.45, 7) is 9.31. The fourth-order valence-electron chi connectivity index (χ4n) is 2.81. The molecule has 1 unspecified atom stereocenters. The molecule has 0 spiro atoms. The quantitative estimate of drug-likeness (QED) is 0.609. The molecule has 0 saturated heterocycles. The SMILES string of the molecule is CCCCCCOc1oc(C2=CCCN(C)C2)nc1C(C)CC. The average molecular weight is 320 g/mol. The van der Waals surface area contributed by atoms with E-state index in [1.54, 1.807) is 0 Å². The van der Waals surface area contributed by atoms with E-state index in [1.807, 2.05) is 0 Å². The third-order valence-electron chi connectivity index (χ3n) is 4.55. The first-order valence-corrected chi connectivity index (χ1v) is 9.17. The smallest absolute Gasteiger partial charge is 0.309 e. The number of aromatic nitrogens is 1. The molecule has 1 aliphatic rings. The van der Waals surface area contributed by atoms with Crippen LogP contribution in [0.15, 0.2) is 10.5 Å². The van der Waals surface area contributed by atoms with Crippen LogP contribution in [0, 0.1) is 0 Å². The fourth-order valence-corrected chi connectivity index (χ4v) is 2.81. The summed E-state index contributed by atoms with van der Waals surface area (Å²) < 4.78 is 11.9. The molecule has 23 heavy (non-hydrogen) atoms. The van der Waals surface area contributed by atoms with Gasteiger partial charge in [0.15, 0.2) is 0 Å². The van der Waals surface area contributed by atoms with Gasteiger partial charge in [-0.05, 0) is 26.3 Å². The van der Waals surface area contributed by atoms with E-state index in [9.17, 15) is 0 Å². The van der Waals surface area contributed by atoms with Gasteiger partial charge in [-0.25, -0.2) is 4.98 Å². The van der Waals surface area contributed by atoms with Crippen molar-refractivity contribution in [1.29, 1.82) is 0 Å². The number of nitrogens with zero attached hydrogens (tertiary/aromatic N) is 2. The number of unbranched alkanes of at least 4 members (excludes halogenated alkanes) is 3. The van der Waals surface area contributed by atoms with Gasteiger partial charge >= 0.3 is 5.95 Å². The normalized spacial score (nSPS) is 17.1. The Morgan fingerprint density at radius 1 is 1.30 bits per heavy atom. The van der Waals surface area contributed by atoms with Crippen LogP contribution in [-0.4, -0.2) is 36.6 Å². The van der Waals surface area contributed by atoms with Crippen LogP contribution in [0.5, 0.6) is 5.95 Å². The van der Waals surface area contributed by atoms with Crippen molar-refractivity contribution in [3.05, 3.63) is 17.7 Å².